The molecule has 2 N–H and O–H groups in total. The minimum Gasteiger partial charge on any atom is -0.329 e. The fourth-order valence-corrected chi connectivity index (χ4v) is 2.82. The Balaban J connectivity index is 2.39. The quantitative estimate of drug-likeness (QED) is 0.798. The largest absolute Gasteiger partial charge is 0.329 e. The van der Waals surface area contributed by atoms with E-state index in [0.29, 0.717) is 6.04 Å². The van der Waals surface area contributed by atoms with Gasteiger partial charge in [0.05, 0.1) is 0 Å². The predicted octanol–water partition coefficient (Wildman–Crippen LogP) is 2.26. The summed E-state index contributed by atoms with van der Waals surface area (Å²) in [6.07, 6.45) is 3.33. The number of thiophene rings is 1. The second kappa shape index (κ2) is 7.28. The van der Waals surface area contributed by atoms with E-state index in [1.54, 1.807) is 0 Å². The summed E-state index contributed by atoms with van der Waals surface area (Å²) in [7, 11) is 2.16. The third kappa shape index (κ3) is 4.55. The molecule has 1 aromatic heterocycles. The lowest BCUT2D eigenvalue weighted by Crippen LogP contribution is -2.37. The molecule has 86 valence electrons. The first kappa shape index (κ1) is 13.0. The molecule has 0 aliphatic heterocycles. The van der Waals surface area contributed by atoms with Crippen LogP contribution < -0.4 is 5.73 Å². The summed E-state index contributed by atoms with van der Waals surface area (Å²) in [6.45, 7) is 1.77. The average molecular weight is 244 g/mol. The summed E-state index contributed by atoms with van der Waals surface area (Å²) < 4.78 is 0. The van der Waals surface area contributed by atoms with Crippen molar-refractivity contribution < 1.29 is 0 Å². The first-order valence-corrected chi connectivity index (χ1v) is 7.47. The van der Waals surface area contributed by atoms with Crippen LogP contribution in [0.15, 0.2) is 17.5 Å². The van der Waals surface area contributed by atoms with Crippen molar-refractivity contribution >= 4 is 23.1 Å². The van der Waals surface area contributed by atoms with Gasteiger partial charge in [-0.2, -0.15) is 11.8 Å². The first-order chi connectivity index (χ1) is 7.27. The first-order valence-electron chi connectivity index (χ1n) is 5.19. The molecule has 1 atom stereocenters. The maximum Gasteiger partial charge on any atom is 0.0328 e. The summed E-state index contributed by atoms with van der Waals surface area (Å²) in [5.74, 6) is 1.19. The van der Waals surface area contributed by atoms with E-state index in [4.69, 9.17) is 5.73 Å². The van der Waals surface area contributed by atoms with Gasteiger partial charge in [-0.15, -0.1) is 11.3 Å². The summed E-state index contributed by atoms with van der Waals surface area (Å²) in [6, 6.07) is 4.80. The topological polar surface area (TPSA) is 29.3 Å². The van der Waals surface area contributed by atoms with Crippen molar-refractivity contribution in [1.29, 1.82) is 0 Å². The van der Waals surface area contributed by atoms with E-state index in [-0.39, 0.29) is 0 Å². The lowest BCUT2D eigenvalue weighted by Gasteiger charge is -2.26. The van der Waals surface area contributed by atoms with E-state index in [2.05, 4.69) is 35.7 Å². The second-order valence-electron chi connectivity index (χ2n) is 3.67. The molecule has 1 unspecified atom stereocenters. The Morgan fingerprint density at radius 3 is 2.93 bits per heavy atom. The van der Waals surface area contributed by atoms with E-state index in [0.717, 1.165) is 13.1 Å². The molecule has 0 spiro atoms. The fraction of sp³-hybridized carbons (Fsp3) is 0.636. The van der Waals surface area contributed by atoms with Crippen LogP contribution in [0.3, 0.4) is 0 Å². The third-order valence-corrected chi connectivity index (χ3v) is 4.04. The Labute approximate surface area is 101 Å². The van der Waals surface area contributed by atoms with Crippen LogP contribution in [0, 0.1) is 0 Å². The fourth-order valence-electron chi connectivity index (χ4n) is 1.55. The molecule has 0 saturated heterocycles. The molecule has 1 aromatic rings. The molecule has 0 aliphatic rings. The Bertz CT molecular complexity index is 249. The van der Waals surface area contributed by atoms with Crippen LogP contribution in [0.25, 0.3) is 0 Å². The van der Waals surface area contributed by atoms with Gasteiger partial charge in [-0.1, -0.05) is 6.07 Å². The number of rotatable bonds is 7. The van der Waals surface area contributed by atoms with E-state index >= 15 is 0 Å². The zero-order valence-corrected chi connectivity index (χ0v) is 11.1. The van der Waals surface area contributed by atoms with E-state index in [9.17, 15) is 0 Å². The van der Waals surface area contributed by atoms with Crippen molar-refractivity contribution in [2.24, 2.45) is 5.73 Å². The number of hydrogen-bond acceptors (Lipinski definition) is 4. The minimum absolute atomic E-state index is 0.513. The molecule has 1 heterocycles. The van der Waals surface area contributed by atoms with Crippen molar-refractivity contribution in [2.45, 2.75) is 19.0 Å². The highest BCUT2D eigenvalue weighted by Crippen LogP contribution is 2.14. The van der Waals surface area contributed by atoms with Gasteiger partial charge in [0.2, 0.25) is 0 Å². The van der Waals surface area contributed by atoms with Gasteiger partial charge in [-0.25, -0.2) is 0 Å². The standard InChI is InChI=1S/C11H20N2S2/c1-13(9-11-4-3-6-15-11)10(8-12)5-7-14-2/h3-4,6,10H,5,7-9,12H2,1-2H3. The van der Waals surface area contributed by atoms with Gasteiger partial charge >= 0.3 is 0 Å². The van der Waals surface area contributed by atoms with Crippen LogP contribution >= 0.6 is 23.1 Å². The van der Waals surface area contributed by atoms with Crippen LogP contribution in [-0.2, 0) is 6.54 Å². The third-order valence-electron chi connectivity index (χ3n) is 2.54. The molecule has 0 fully saturated rings. The van der Waals surface area contributed by atoms with Gasteiger partial charge in [-0.05, 0) is 36.9 Å². The Morgan fingerprint density at radius 2 is 2.40 bits per heavy atom. The highest BCUT2D eigenvalue weighted by Gasteiger charge is 2.12. The number of likely N-dealkylation sites (N-methyl/N-ethyl adjacent to an activating group) is 1. The Kier molecular flexibility index (Phi) is 6.32. The summed E-state index contributed by atoms with van der Waals surface area (Å²) in [5.41, 5.74) is 5.80. The van der Waals surface area contributed by atoms with E-state index in [1.807, 2.05) is 23.1 Å². The van der Waals surface area contributed by atoms with Gasteiger partial charge in [0, 0.05) is 24.0 Å². The zero-order valence-electron chi connectivity index (χ0n) is 9.48. The SMILES string of the molecule is CSCCC(CN)N(C)Cc1cccs1. The maximum atomic E-state index is 5.80. The highest BCUT2D eigenvalue weighted by atomic mass is 32.2. The normalized spacial score (nSPS) is 13.3. The molecule has 15 heavy (non-hydrogen) atoms. The lowest BCUT2D eigenvalue weighted by molar-refractivity contribution is 0.236. The van der Waals surface area contributed by atoms with E-state index in [1.165, 1.54) is 17.1 Å². The molecular weight excluding hydrogens is 224 g/mol. The summed E-state index contributed by atoms with van der Waals surface area (Å²) in [4.78, 5) is 3.78. The maximum absolute atomic E-state index is 5.80. The Morgan fingerprint density at radius 1 is 1.60 bits per heavy atom. The van der Waals surface area contributed by atoms with Crippen LogP contribution in [0.5, 0.6) is 0 Å². The van der Waals surface area contributed by atoms with Gasteiger partial charge in [0.15, 0.2) is 0 Å². The van der Waals surface area contributed by atoms with Crippen molar-refractivity contribution in [3.8, 4) is 0 Å². The van der Waals surface area contributed by atoms with Gasteiger partial charge in [0.25, 0.3) is 0 Å². The van der Waals surface area contributed by atoms with Crippen molar-refractivity contribution in [1.82, 2.24) is 4.90 Å². The van der Waals surface area contributed by atoms with E-state index < -0.39 is 0 Å². The minimum atomic E-state index is 0.513. The predicted molar refractivity (Wildman–Crippen MR) is 71.6 cm³/mol. The average Bonchev–Trinajstić information content (AvgIpc) is 2.71. The van der Waals surface area contributed by atoms with Crippen molar-refractivity contribution in [2.75, 3.05) is 25.6 Å². The molecule has 1 rings (SSSR count). The summed E-state index contributed by atoms with van der Waals surface area (Å²) >= 11 is 3.71. The van der Waals surface area contributed by atoms with Crippen molar-refractivity contribution in [3.63, 3.8) is 0 Å². The Hall–Kier alpha value is -0.0300. The van der Waals surface area contributed by atoms with Crippen LogP contribution in [0.1, 0.15) is 11.3 Å². The number of thioether (sulfide) groups is 1. The zero-order chi connectivity index (χ0) is 11.1. The molecule has 0 bridgehead atoms. The molecule has 4 heteroatoms. The van der Waals surface area contributed by atoms with Crippen LogP contribution in [0.2, 0.25) is 0 Å². The second-order valence-corrected chi connectivity index (χ2v) is 5.68. The van der Waals surface area contributed by atoms with Crippen molar-refractivity contribution in [3.05, 3.63) is 22.4 Å². The summed E-state index contributed by atoms with van der Waals surface area (Å²) in [5, 5.41) is 2.13. The van der Waals surface area contributed by atoms with Crippen LogP contribution in [0.4, 0.5) is 0 Å². The van der Waals surface area contributed by atoms with Gasteiger partial charge < -0.3 is 5.73 Å². The lowest BCUT2D eigenvalue weighted by atomic mass is 10.2. The number of nitrogens with zero attached hydrogens (tertiary/aromatic N) is 1. The smallest absolute Gasteiger partial charge is 0.0328 e. The molecular formula is C11H20N2S2. The molecule has 0 aliphatic carbocycles. The number of nitrogens with two attached hydrogens (primary N) is 1. The van der Waals surface area contributed by atoms with Gasteiger partial charge in [-0.3, -0.25) is 4.90 Å². The molecule has 0 amide bonds. The molecule has 0 aromatic carbocycles. The highest BCUT2D eigenvalue weighted by molar-refractivity contribution is 7.98. The number of hydrogen-bond donors (Lipinski definition) is 1. The molecule has 0 radical (unpaired) electrons. The monoisotopic (exact) mass is 244 g/mol. The van der Waals surface area contributed by atoms with Gasteiger partial charge in [0.1, 0.15) is 0 Å². The molecule has 2 nitrogen and oxygen atoms in total. The molecule has 0 saturated carbocycles. The van der Waals surface area contributed by atoms with Crippen LogP contribution in [-0.4, -0.2) is 36.5 Å².